The van der Waals surface area contributed by atoms with E-state index in [1.165, 1.54) is 14.2 Å². The van der Waals surface area contributed by atoms with Gasteiger partial charge < -0.3 is 24.8 Å². The number of rotatable bonds is 7. The molecule has 1 heterocycles. The first-order chi connectivity index (χ1) is 9.19. The second-order valence-electron chi connectivity index (χ2n) is 3.50. The smallest absolute Gasteiger partial charge is 0.235 e. The number of methoxy groups -OCH3 is 3. The van der Waals surface area contributed by atoms with Gasteiger partial charge in [0.15, 0.2) is 5.11 Å². The van der Waals surface area contributed by atoms with Crippen LogP contribution in [-0.4, -0.2) is 49.6 Å². The lowest BCUT2D eigenvalue weighted by molar-refractivity contribution is 0.196. The van der Waals surface area contributed by atoms with Crippen molar-refractivity contribution in [1.82, 2.24) is 15.3 Å². The SMILES string of the molecule is COCCCNC(=S)Nc1nc(OC)cc(OC)n1. The predicted molar refractivity (Wildman–Crippen MR) is 75.9 cm³/mol. The van der Waals surface area contributed by atoms with Crippen molar-refractivity contribution < 1.29 is 14.2 Å². The molecule has 0 aliphatic heterocycles. The Balaban J connectivity index is 2.53. The first-order valence-electron chi connectivity index (χ1n) is 5.70. The third-order valence-corrected chi connectivity index (χ3v) is 2.38. The van der Waals surface area contributed by atoms with Crippen molar-refractivity contribution in [1.29, 1.82) is 0 Å². The fraction of sp³-hybridized carbons (Fsp3) is 0.545. The summed E-state index contributed by atoms with van der Waals surface area (Å²) in [5, 5.41) is 6.32. The third-order valence-electron chi connectivity index (χ3n) is 2.13. The van der Waals surface area contributed by atoms with Gasteiger partial charge in [-0.15, -0.1) is 0 Å². The first kappa shape index (κ1) is 15.4. The van der Waals surface area contributed by atoms with Crippen LogP contribution in [0.1, 0.15) is 6.42 Å². The van der Waals surface area contributed by atoms with Crippen molar-refractivity contribution in [2.75, 3.05) is 39.8 Å². The average molecular weight is 286 g/mol. The molecule has 0 radical (unpaired) electrons. The minimum atomic E-state index is 0.320. The van der Waals surface area contributed by atoms with Crippen molar-refractivity contribution in [3.8, 4) is 11.8 Å². The lowest BCUT2D eigenvalue weighted by Crippen LogP contribution is -2.30. The first-order valence-corrected chi connectivity index (χ1v) is 6.11. The molecule has 0 aromatic carbocycles. The van der Waals surface area contributed by atoms with Crippen LogP contribution in [0.3, 0.4) is 0 Å². The lowest BCUT2D eigenvalue weighted by atomic mass is 10.4. The Kier molecular flexibility index (Phi) is 6.83. The van der Waals surface area contributed by atoms with Crippen LogP contribution in [0.4, 0.5) is 5.95 Å². The van der Waals surface area contributed by atoms with Gasteiger partial charge >= 0.3 is 0 Å². The highest BCUT2D eigenvalue weighted by Gasteiger charge is 2.06. The molecule has 1 aromatic heterocycles. The summed E-state index contributed by atoms with van der Waals surface area (Å²) in [6.07, 6.45) is 0.862. The average Bonchev–Trinajstić information content (AvgIpc) is 2.43. The van der Waals surface area contributed by atoms with Gasteiger partial charge in [0, 0.05) is 20.3 Å². The number of aromatic nitrogens is 2. The molecule has 1 rings (SSSR count). The maximum atomic E-state index is 5.12. The number of hydrogen-bond acceptors (Lipinski definition) is 6. The van der Waals surface area contributed by atoms with Crippen LogP contribution < -0.4 is 20.1 Å². The molecule has 8 heteroatoms. The van der Waals surface area contributed by atoms with Crippen LogP contribution in [0.5, 0.6) is 11.8 Å². The summed E-state index contributed by atoms with van der Waals surface area (Å²) in [6, 6.07) is 1.58. The number of anilines is 1. The zero-order valence-electron chi connectivity index (χ0n) is 11.2. The second kappa shape index (κ2) is 8.44. The maximum Gasteiger partial charge on any atom is 0.235 e. The van der Waals surface area contributed by atoms with Crippen molar-refractivity contribution >= 4 is 23.3 Å². The number of nitrogens with zero attached hydrogens (tertiary/aromatic N) is 2. The van der Waals surface area contributed by atoms with Crippen molar-refractivity contribution in [3.05, 3.63) is 6.07 Å². The van der Waals surface area contributed by atoms with Gasteiger partial charge in [0.2, 0.25) is 17.7 Å². The van der Waals surface area contributed by atoms with E-state index < -0.39 is 0 Å². The summed E-state index contributed by atoms with van der Waals surface area (Å²) in [5.74, 6) is 1.12. The molecule has 0 aliphatic carbocycles. The van der Waals surface area contributed by atoms with E-state index in [9.17, 15) is 0 Å². The molecule has 2 N–H and O–H groups in total. The summed E-state index contributed by atoms with van der Waals surface area (Å²) in [6.45, 7) is 1.39. The molecule has 0 saturated heterocycles. The van der Waals surface area contributed by atoms with Crippen molar-refractivity contribution in [3.63, 3.8) is 0 Å². The maximum absolute atomic E-state index is 5.12. The molecular formula is C11H18N4O3S. The molecule has 0 spiro atoms. The van der Waals surface area contributed by atoms with E-state index in [0.717, 1.165) is 6.42 Å². The fourth-order valence-corrected chi connectivity index (χ4v) is 1.43. The van der Waals surface area contributed by atoms with Gasteiger partial charge in [-0.3, -0.25) is 0 Å². The van der Waals surface area contributed by atoms with Crippen LogP contribution in [0, 0.1) is 0 Å². The Morgan fingerprint density at radius 2 is 1.84 bits per heavy atom. The van der Waals surface area contributed by atoms with Crippen LogP contribution in [0.25, 0.3) is 0 Å². The van der Waals surface area contributed by atoms with Crippen LogP contribution >= 0.6 is 12.2 Å². The van der Waals surface area contributed by atoms with E-state index >= 15 is 0 Å². The minimum absolute atomic E-state index is 0.320. The second-order valence-corrected chi connectivity index (χ2v) is 3.91. The minimum Gasteiger partial charge on any atom is -0.481 e. The molecule has 1 aromatic rings. The Morgan fingerprint density at radius 1 is 1.21 bits per heavy atom. The third kappa shape index (κ3) is 5.66. The van der Waals surface area contributed by atoms with Crippen molar-refractivity contribution in [2.45, 2.75) is 6.42 Å². The summed E-state index contributed by atoms with van der Waals surface area (Å²) >= 11 is 5.12. The van der Waals surface area contributed by atoms with Gasteiger partial charge in [-0.2, -0.15) is 9.97 Å². The molecule has 106 valence electrons. The van der Waals surface area contributed by atoms with E-state index in [-0.39, 0.29) is 0 Å². The number of hydrogen-bond donors (Lipinski definition) is 2. The number of thiocarbonyl (C=S) groups is 1. The molecule has 19 heavy (non-hydrogen) atoms. The number of nitrogens with one attached hydrogen (secondary N) is 2. The zero-order chi connectivity index (χ0) is 14.1. The Bertz CT molecular complexity index is 395. The normalized spacial score (nSPS) is 9.84. The van der Waals surface area contributed by atoms with Crippen LogP contribution in [0.15, 0.2) is 6.07 Å². The zero-order valence-corrected chi connectivity index (χ0v) is 12.0. The monoisotopic (exact) mass is 286 g/mol. The van der Waals surface area contributed by atoms with Gasteiger partial charge in [0.25, 0.3) is 0 Å². The molecule has 7 nitrogen and oxygen atoms in total. The van der Waals surface area contributed by atoms with Gasteiger partial charge in [0.1, 0.15) is 0 Å². The molecule has 0 fully saturated rings. The summed E-state index contributed by atoms with van der Waals surface area (Å²) in [4.78, 5) is 8.22. The molecule has 0 saturated carbocycles. The summed E-state index contributed by atoms with van der Waals surface area (Å²) < 4.78 is 15.0. The van der Waals surface area contributed by atoms with Crippen molar-refractivity contribution in [2.24, 2.45) is 0 Å². The topological polar surface area (TPSA) is 77.5 Å². The molecule has 0 atom stereocenters. The van der Waals surface area contributed by atoms with E-state index in [1.807, 2.05) is 0 Å². The lowest BCUT2D eigenvalue weighted by Gasteiger charge is -2.10. The largest absolute Gasteiger partial charge is 0.481 e. The van der Waals surface area contributed by atoms with Crippen LogP contribution in [-0.2, 0) is 4.74 Å². The summed E-state index contributed by atoms with van der Waals surface area (Å²) in [5.41, 5.74) is 0. The standard InChI is InChI=1S/C11H18N4O3S/c1-16-6-4-5-12-11(19)15-10-13-8(17-2)7-9(14-10)18-3/h7H,4-6H2,1-3H3,(H2,12,13,14,15,19). The molecule has 0 bridgehead atoms. The van der Waals surface area contributed by atoms with Gasteiger partial charge in [-0.05, 0) is 18.6 Å². The molecule has 0 amide bonds. The molecule has 0 aliphatic rings. The van der Waals surface area contributed by atoms with Gasteiger partial charge in [-0.1, -0.05) is 0 Å². The highest BCUT2D eigenvalue weighted by Crippen LogP contribution is 2.16. The molecule has 0 unspecified atom stereocenters. The highest BCUT2D eigenvalue weighted by molar-refractivity contribution is 7.80. The van der Waals surface area contributed by atoms with E-state index in [2.05, 4.69) is 20.6 Å². The predicted octanol–water partition coefficient (Wildman–Crippen LogP) is 0.817. The van der Waals surface area contributed by atoms with E-state index in [4.69, 9.17) is 26.4 Å². The Morgan fingerprint density at radius 3 is 2.37 bits per heavy atom. The summed E-state index contributed by atoms with van der Waals surface area (Å²) in [7, 11) is 4.70. The fourth-order valence-electron chi connectivity index (χ4n) is 1.23. The quantitative estimate of drug-likeness (QED) is 0.563. The Labute approximate surface area is 117 Å². The Hall–Kier alpha value is -1.67. The van der Waals surface area contributed by atoms with E-state index in [0.29, 0.717) is 36.0 Å². The number of ether oxygens (including phenoxy) is 3. The molecular weight excluding hydrogens is 268 g/mol. The van der Waals surface area contributed by atoms with Gasteiger partial charge in [-0.25, -0.2) is 0 Å². The highest BCUT2D eigenvalue weighted by atomic mass is 32.1. The van der Waals surface area contributed by atoms with Gasteiger partial charge in [0.05, 0.1) is 20.3 Å². The van der Waals surface area contributed by atoms with Crippen LogP contribution in [0.2, 0.25) is 0 Å². The van der Waals surface area contributed by atoms with E-state index in [1.54, 1.807) is 13.2 Å².